The van der Waals surface area contributed by atoms with Crippen LogP contribution in [0.5, 0.6) is 0 Å². The van der Waals surface area contributed by atoms with Gasteiger partial charge in [0.25, 0.3) is 0 Å². The Morgan fingerprint density at radius 3 is 1.85 bits per heavy atom. The minimum absolute atomic E-state index is 0.324. The van der Waals surface area contributed by atoms with Gasteiger partial charge in [-0.15, -0.1) is 0 Å². The van der Waals surface area contributed by atoms with Gasteiger partial charge in [0.05, 0.1) is 19.8 Å². The van der Waals surface area contributed by atoms with E-state index < -0.39 is 0 Å². The van der Waals surface area contributed by atoms with Crippen LogP contribution in [0.4, 0.5) is 4.79 Å². The number of nitrogens with zero attached hydrogens (tertiary/aromatic N) is 3. The Morgan fingerprint density at radius 1 is 0.778 bits per heavy atom. The molecule has 2 heterocycles. The van der Waals surface area contributed by atoms with Crippen molar-refractivity contribution in [3.05, 3.63) is 59.7 Å². The summed E-state index contributed by atoms with van der Waals surface area (Å²) in [6.45, 7) is 6.06. The van der Waals surface area contributed by atoms with Gasteiger partial charge in [-0.05, 0) is 22.3 Å². The number of hydroxylamine groups is 2. The molecular weight excluding hydrogens is 342 g/mol. The maximum absolute atomic E-state index is 11.8. The highest BCUT2D eigenvalue weighted by molar-refractivity contribution is 5.75. The Bertz CT molecular complexity index is 770. The zero-order valence-corrected chi connectivity index (χ0v) is 15.4. The Balaban J connectivity index is 1.37. The summed E-state index contributed by atoms with van der Waals surface area (Å²) in [6.07, 6.45) is 0. The summed E-state index contributed by atoms with van der Waals surface area (Å²) in [7, 11) is 0. The molecule has 6 heteroatoms. The van der Waals surface area contributed by atoms with E-state index in [1.807, 2.05) is 12.1 Å². The third kappa shape index (κ3) is 4.30. The second-order valence-electron chi connectivity index (χ2n) is 7.11. The molecule has 27 heavy (non-hydrogen) atoms. The highest BCUT2D eigenvalue weighted by Gasteiger charge is 2.26. The van der Waals surface area contributed by atoms with Crippen LogP contribution in [0.1, 0.15) is 11.1 Å². The van der Waals surface area contributed by atoms with Gasteiger partial charge in [-0.2, -0.15) is 0 Å². The summed E-state index contributed by atoms with van der Waals surface area (Å²) >= 11 is 0. The molecule has 6 nitrogen and oxygen atoms in total. The third-order valence-electron chi connectivity index (χ3n) is 5.20. The molecule has 2 fully saturated rings. The van der Waals surface area contributed by atoms with Gasteiger partial charge >= 0.3 is 6.03 Å². The molecule has 0 bridgehead atoms. The number of hydrogen-bond acceptors (Lipinski definition) is 4. The molecule has 2 aliphatic heterocycles. The summed E-state index contributed by atoms with van der Waals surface area (Å²) in [5.41, 5.74) is 4.73. The second-order valence-corrected chi connectivity index (χ2v) is 7.11. The smallest absolute Gasteiger partial charge is 0.344 e. The predicted octanol–water partition coefficient (Wildman–Crippen LogP) is 2.81. The lowest BCUT2D eigenvalue weighted by Crippen LogP contribution is -2.35. The first-order valence-corrected chi connectivity index (χ1v) is 9.43. The van der Waals surface area contributed by atoms with Crippen LogP contribution < -0.4 is 0 Å². The predicted molar refractivity (Wildman–Crippen MR) is 102 cm³/mol. The fourth-order valence-electron chi connectivity index (χ4n) is 3.56. The highest BCUT2D eigenvalue weighted by atomic mass is 16.5. The van der Waals surface area contributed by atoms with E-state index in [4.69, 9.17) is 4.74 Å². The Labute approximate surface area is 159 Å². The molecule has 2 aromatic rings. The van der Waals surface area contributed by atoms with Crippen LogP contribution in [-0.2, 0) is 17.8 Å². The molecule has 0 spiro atoms. The van der Waals surface area contributed by atoms with Crippen molar-refractivity contribution in [3.8, 4) is 11.1 Å². The number of amides is 2. The largest absolute Gasteiger partial charge is 0.379 e. The molecule has 0 saturated carbocycles. The highest BCUT2D eigenvalue weighted by Crippen LogP contribution is 2.22. The normalized spacial score (nSPS) is 18.3. The standard InChI is InChI=1S/C21H25N3O3/c25-21-23(9-10-24(21)26)16-18-3-7-20(8-4-18)19-5-1-17(2-6-19)15-22-11-13-27-14-12-22/h1-8,26H,9-16H2. The van der Waals surface area contributed by atoms with Crippen LogP contribution in [0.2, 0.25) is 0 Å². The average Bonchev–Trinajstić information content (AvgIpc) is 3.02. The second kappa shape index (κ2) is 8.08. The minimum Gasteiger partial charge on any atom is -0.379 e. The van der Waals surface area contributed by atoms with E-state index in [1.165, 1.54) is 11.1 Å². The van der Waals surface area contributed by atoms with Crippen LogP contribution >= 0.6 is 0 Å². The summed E-state index contributed by atoms with van der Waals surface area (Å²) in [5.74, 6) is 0. The minimum atomic E-state index is -0.324. The molecule has 4 rings (SSSR count). The number of urea groups is 1. The maximum Gasteiger partial charge on any atom is 0.344 e. The van der Waals surface area contributed by atoms with Crippen LogP contribution in [-0.4, -0.2) is 65.5 Å². The van der Waals surface area contributed by atoms with E-state index in [1.54, 1.807) is 4.90 Å². The number of ether oxygens (including phenoxy) is 1. The molecule has 0 aromatic heterocycles. The Morgan fingerprint density at radius 2 is 1.33 bits per heavy atom. The number of hydrogen-bond donors (Lipinski definition) is 1. The number of morpholine rings is 1. The van der Waals surface area contributed by atoms with E-state index in [0.717, 1.165) is 49.0 Å². The summed E-state index contributed by atoms with van der Waals surface area (Å²) in [5, 5.41) is 10.2. The Hall–Kier alpha value is -2.41. The number of carbonyl (C=O) groups is 1. The number of rotatable bonds is 5. The number of benzene rings is 2. The van der Waals surface area contributed by atoms with Gasteiger partial charge in [0, 0.05) is 32.7 Å². The van der Waals surface area contributed by atoms with Crippen molar-refractivity contribution < 1.29 is 14.7 Å². The van der Waals surface area contributed by atoms with Crippen LogP contribution in [0.15, 0.2) is 48.5 Å². The van der Waals surface area contributed by atoms with Crippen molar-refractivity contribution in [1.82, 2.24) is 14.9 Å². The topological polar surface area (TPSA) is 56.3 Å². The van der Waals surface area contributed by atoms with Gasteiger partial charge in [0.15, 0.2) is 0 Å². The number of carbonyl (C=O) groups excluding carboxylic acids is 1. The van der Waals surface area contributed by atoms with Crippen molar-refractivity contribution in [2.75, 3.05) is 39.4 Å². The van der Waals surface area contributed by atoms with Crippen molar-refractivity contribution in [2.45, 2.75) is 13.1 Å². The summed E-state index contributed by atoms with van der Waals surface area (Å²) in [6, 6.07) is 16.7. The molecule has 1 N–H and O–H groups in total. The molecule has 0 atom stereocenters. The van der Waals surface area contributed by atoms with Gasteiger partial charge in [0.2, 0.25) is 0 Å². The van der Waals surface area contributed by atoms with E-state index in [-0.39, 0.29) is 6.03 Å². The van der Waals surface area contributed by atoms with Crippen LogP contribution in [0.3, 0.4) is 0 Å². The molecule has 0 radical (unpaired) electrons. The zero-order chi connectivity index (χ0) is 18.6. The molecule has 142 valence electrons. The van der Waals surface area contributed by atoms with Crippen molar-refractivity contribution in [2.24, 2.45) is 0 Å². The molecule has 2 amide bonds. The van der Waals surface area contributed by atoms with E-state index in [2.05, 4.69) is 41.3 Å². The van der Waals surface area contributed by atoms with E-state index in [9.17, 15) is 10.0 Å². The first kappa shape index (κ1) is 18.0. The average molecular weight is 367 g/mol. The first-order valence-electron chi connectivity index (χ1n) is 9.43. The van der Waals surface area contributed by atoms with Crippen molar-refractivity contribution in [1.29, 1.82) is 0 Å². The Kier molecular flexibility index (Phi) is 5.38. The van der Waals surface area contributed by atoms with Crippen molar-refractivity contribution >= 4 is 6.03 Å². The molecule has 2 aromatic carbocycles. The zero-order valence-electron chi connectivity index (χ0n) is 15.4. The molecular formula is C21H25N3O3. The van der Waals surface area contributed by atoms with Crippen LogP contribution in [0.25, 0.3) is 11.1 Å². The van der Waals surface area contributed by atoms with Gasteiger partial charge in [0.1, 0.15) is 0 Å². The maximum atomic E-state index is 11.8. The van der Waals surface area contributed by atoms with Gasteiger partial charge in [-0.3, -0.25) is 10.1 Å². The quantitative estimate of drug-likeness (QED) is 0.826. The lowest BCUT2D eigenvalue weighted by molar-refractivity contribution is -0.0268. The van der Waals surface area contributed by atoms with Crippen LogP contribution in [0, 0.1) is 0 Å². The fourth-order valence-corrected chi connectivity index (χ4v) is 3.56. The van der Waals surface area contributed by atoms with Gasteiger partial charge in [-0.1, -0.05) is 48.5 Å². The van der Waals surface area contributed by atoms with E-state index in [0.29, 0.717) is 19.6 Å². The van der Waals surface area contributed by atoms with Gasteiger partial charge < -0.3 is 9.64 Å². The lowest BCUT2D eigenvalue weighted by Gasteiger charge is -2.26. The fraction of sp³-hybridized carbons (Fsp3) is 0.381. The summed E-state index contributed by atoms with van der Waals surface area (Å²) < 4.78 is 5.40. The lowest BCUT2D eigenvalue weighted by atomic mass is 10.0. The molecule has 0 unspecified atom stereocenters. The summed E-state index contributed by atoms with van der Waals surface area (Å²) in [4.78, 5) is 15.8. The van der Waals surface area contributed by atoms with Gasteiger partial charge in [-0.25, -0.2) is 9.86 Å². The monoisotopic (exact) mass is 367 g/mol. The molecule has 0 aliphatic carbocycles. The first-order chi connectivity index (χ1) is 13.2. The molecule has 2 saturated heterocycles. The van der Waals surface area contributed by atoms with Crippen molar-refractivity contribution in [3.63, 3.8) is 0 Å². The SMILES string of the molecule is O=C1N(O)CCN1Cc1ccc(-c2ccc(CN3CCOCC3)cc2)cc1. The molecule has 2 aliphatic rings. The van der Waals surface area contributed by atoms with E-state index >= 15 is 0 Å². The third-order valence-corrected chi connectivity index (χ3v) is 5.20.